The Kier molecular flexibility index (Phi) is 4.10. The Morgan fingerprint density at radius 1 is 1.33 bits per heavy atom. The van der Waals surface area contributed by atoms with Crippen molar-refractivity contribution in [1.29, 1.82) is 0 Å². The number of amides is 1. The van der Waals surface area contributed by atoms with E-state index in [1.54, 1.807) is 18.3 Å². The van der Waals surface area contributed by atoms with Crippen LogP contribution in [-0.2, 0) is 11.2 Å². The van der Waals surface area contributed by atoms with Crippen molar-refractivity contribution < 1.29 is 4.79 Å². The van der Waals surface area contributed by atoms with Gasteiger partial charge in [0.25, 0.3) is 0 Å². The zero-order valence-electron chi connectivity index (χ0n) is 11.6. The standard InChI is InChI=1S/C16H17N3OS/c17-11-5-6-12(18-10-11)9-16(20)19-14-7-8-21-15-4-2-1-3-13(14)15/h1-6,10,14H,7-9,17H2,(H,19,20). The fourth-order valence-electron chi connectivity index (χ4n) is 2.44. The van der Waals surface area contributed by atoms with Gasteiger partial charge in [0, 0.05) is 16.3 Å². The van der Waals surface area contributed by atoms with Crippen molar-refractivity contribution in [2.45, 2.75) is 23.8 Å². The third-order valence-electron chi connectivity index (χ3n) is 3.48. The van der Waals surface area contributed by atoms with Crippen molar-refractivity contribution in [3.05, 3.63) is 53.9 Å². The second-order valence-corrected chi connectivity index (χ2v) is 6.19. The number of pyridine rings is 1. The number of nitrogens with zero attached hydrogens (tertiary/aromatic N) is 1. The Labute approximate surface area is 128 Å². The van der Waals surface area contributed by atoms with Gasteiger partial charge >= 0.3 is 0 Å². The van der Waals surface area contributed by atoms with Crippen LogP contribution < -0.4 is 11.1 Å². The van der Waals surface area contributed by atoms with Gasteiger partial charge in [-0.2, -0.15) is 0 Å². The first-order chi connectivity index (χ1) is 10.2. The summed E-state index contributed by atoms with van der Waals surface area (Å²) in [5.74, 6) is 1.03. The molecule has 21 heavy (non-hydrogen) atoms. The number of nitrogens with one attached hydrogen (secondary N) is 1. The molecule has 0 bridgehead atoms. The third-order valence-corrected chi connectivity index (χ3v) is 4.61. The molecule has 1 aromatic carbocycles. The largest absolute Gasteiger partial charge is 0.397 e. The lowest BCUT2D eigenvalue weighted by Crippen LogP contribution is -2.31. The number of hydrogen-bond acceptors (Lipinski definition) is 4. The summed E-state index contributed by atoms with van der Waals surface area (Å²) >= 11 is 1.85. The van der Waals surface area contributed by atoms with Crippen molar-refractivity contribution >= 4 is 23.4 Å². The fourth-order valence-corrected chi connectivity index (χ4v) is 3.57. The SMILES string of the molecule is Nc1ccc(CC(=O)NC2CCSc3ccccc32)nc1. The second kappa shape index (κ2) is 6.18. The molecule has 1 aliphatic rings. The normalized spacial score (nSPS) is 17.0. The smallest absolute Gasteiger partial charge is 0.226 e. The highest BCUT2D eigenvalue weighted by molar-refractivity contribution is 7.99. The number of benzene rings is 1. The number of nitrogens with two attached hydrogens (primary N) is 1. The molecule has 0 saturated heterocycles. The predicted octanol–water partition coefficient (Wildman–Crippen LogP) is 2.56. The van der Waals surface area contributed by atoms with Gasteiger partial charge in [-0.3, -0.25) is 9.78 Å². The van der Waals surface area contributed by atoms with Crippen LogP contribution in [0.25, 0.3) is 0 Å². The van der Waals surface area contributed by atoms with Crippen LogP contribution in [0.4, 0.5) is 5.69 Å². The van der Waals surface area contributed by atoms with Crippen LogP contribution in [0.3, 0.4) is 0 Å². The van der Waals surface area contributed by atoms with Crippen molar-refractivity contribution in [3.8, 4) is 0 Å². The maximum Gasteiger partial charge on any atom is 0.226 e. The highest BCUT2D eigenvalue weighted by Gasteiger charge is 2.21. The van der Waals surface area contributed by atoms with Crippen molar-refractivity contribution in [1.82, 2.24) is 10.3 Å². The lowest BCUT2D eigenvalue weighted by Gasteiger charge is -2.25. The van der Waals surface area contributed by atoms with Crippen molar-refractivity contribution in [3.63, 3.8) is 0 Å². The summed E-state index contributed by atoms with van der Waals surface area (Å²) in [6, 6.07) is 11.9. The highest BCUT2D eigenvalue weighted by Crippen LogP contribution is 2.35. The van der Waals surface area contributed by atoms with Crippen LogP contribution in [0.1, 0.15) is 23.7 Å². The minimum Gasteiger partial charge on any atom is -0.397 e. The molecule has 3 rings (SSSR count). The van der Waals surface area contributed by atoms with Crippen LogP contribution in [0.2, 0.25) is 0 Å². The Morgan fingerprint density at radius 2 is 2.19 bits per heavy atom. The van der Waals surface area contributed by atoms with E-state index in [2.05, 4.69) is 22.4 Å². The number of carbonyl (C=O) groups is 1. The van der Waals surface area contributed by atoms with Gasteiger partial charge in [-0.05, 0) is 30.2 Å². The lowest BCUT2D eigenvalue weighted by atomic mass is 10.0. The first-order valence-electron chi connectivity index (χ1n) is 6.94. The van der Waals surface area contributed by atoms with Crippen LogP contribution in [0.15, 0.2) is 47.5 Å². The molecule has 1 unspecified atom stereocenters. The molecular weight excluding hydrogens is 282 g/mol. The summed E-state index contributed by atoms with van der Waals surface area (Å²) < 4.78 is 0. The number of aromatic nitrogens is 1. The highest BCUT2D eigenvalue weighted by atomic mass is 32.2. The molecule has 0 saturated carbocycles. The quantitative estimate of drug-likeness (QED) is 0.914. The summed E-state index contributed by atoms with van der Waals surface area (Å²) in [6.07, 6.45) is 2.82. The molecule has 1 atom stereocenters. The number of rotatable bonds is 3. The number of hydrogen-bond donors (Lipinski definition) is 2. The molecule has 3 N–H and O–H groups in total. The topological polar surface area (TPSA) is 68.0 Å². The van der Waals surface area contributed by atoms with Crippen molar-refractivity contribution in [2.24, 2.45) is 0 Å². The van der Waals surface area contributed by atoms with Gasteiger partial charge in [-0.25, -0.2) is 0 Å². The van der Waals surface area contributed by atoms with Crippen LogP contribution >= 0.6 is 11.8 Å². The molecular formula is C16H17N3OS. The molecule has 0 aliphatic carbocycles. The molecule has 1 aliphatic heterocycles. The summed E-state index contributed by atoms with van der Waals surface area (Å²) in [6.45, 7) is 0. The molecule has 108 valence electrons. The summed E-state index contributed by atoms with van der Waals surface area (Å²) in [5, 5.41) is 3.11. The van der Waals surface area contributed by atoms with E-state index in [-0.39, 0.29) is 18.4 Å². The molecule has 4 nitrogen and oxygen atoms in total. The lowest BCUT2D eigenvalue weighted by molar-refractivity contribution is -0.121. The number of thioether (sulfide) groups is 1. The zero-order chi connectivity index (χ0) is 14.7. The molecule has 0 spiro atoms. The molecule has 0 radical (unpaired) electrons. The van der Waals surface area contributed by atoms with Gasteiger partial charge < -0.3 is 11.1 Å². The number of carbonyl (C=O) groups excluding carboxylic acids is 1. The monoisotopic (exact) mass is 299 g/mol. The van der Waals surface area contributed by atoms with Gasteiger partial charge in [-0.15, -0.1) is 11.8 Å². The van der Waals surface area contributed by atoms with E-state index in [1.165, 1.54) is 10.5 Å². The number of nitrogen functional groups attached to an aromatic ring is 1. The molecule has 2 heterocycles. The average molecular weight is 299 g/mol. The Hall–Kier alpha value is -2.01. The van der Waals surface area contributed by atoms with Crippen molar-refractivity contribution in [2.75, 3.05) is 11.5 Å². The van der Waals surface area contributed by atoms with Gasteiger partial charge in [0.1, 0.15) is 0 Å². The van der Waals surface area contributed by atoms with E-state index in [9.17, 15) is 4.79 Å². The molecule has 1 amide bonds. The van der Waals surface area contributed by atoms with E-state index in [0.29, 0.717) is 5.69 Å². The van der Waals surface area contributed by atoms with Crippen LogP contribution in [0.5, 0.6) is 0 Å². The molecule has 2 aromatic rings. The summed E-state index contributed by atoms with van der Waals surface area (Å²) in [7, 11) is 0. The Bertz CT molecular complexity index is 642. The van der Waals surface area contributed by atoms with E-state index in [1.807, 2.05) is 23.9 Å². The minimum atomic E-state index is -0.000950. The van der Waals surface area contributed by atoms with Crippen LogP contribution in [0, 0.1) is 0 Å². The molecule has 5 heteroatoms. The van der Waals surface area contributed by atoms with Gasteiger partial charge in [-0.1, -0.05) is 18.2 Å². The number of fused-ring (bicyclic) bond motifs is 1. The third kappa shape index (κ3) is 3.36. The molecule has 0 fully saturated rings. The Balaban J connectivity index is 1.67. The predicted molar refractivity (Wildman–Crippen MR) is 85.0 cm³/mol. The number of anilines is 1. The maximum atomic E-state index is 12.2. The summed E-state index contributed by atoms with van der Waals surface area (Å²) in [4.78, 5) is 17.6. The van der Waals surface area contributed by atoms with E-state index in [4.69, 9.17) is 5.73 Å². The maximum absolute atomic E-state index is 12.2. The van der Waals surface area contributed by atoms with E-state index in [0.717, 1.165) is 17.9 Å². The van der Waals surface area contributed by atoms with E-state index < -0.39 is 0 Å². The average Bonchev–Trinajstić information content (AvgIpc) is 2.50. The Morgan fingerprint density at radius 3 is 3.00 bits per heavy atom. The first-order valence-corrected chi connectivity index (χ1v) is 7.92. The second-order valence-electron chi connectivity index (χ2n) is 5.05. The van der Waals surface area contributed by atoms with Gasteiger partial charge in [0.15, 0.2) is 0 Å². The first kappa shape index (κ1) is 13.9. The fraction of sp³-hybridized carbons (Fsp3) is 0.250. The van der Waals surface area contributed by atoms with E-state index >= 15 is 0 Å². The van der Waals surface area contributed by atoms with Crippen LogP contribution in [-0.4, -0.2) is 16.6 Å². The minimum absolute atomic E-state index is 0.000950. The van der Waals surface area contributed by atoms with Gasteiger partial charge in [0.2, 0.25) is 5.91 Å². The van der Waals surface area contributed by atoms with Gasteiger partial charge in [0.05, 0.1) is 24.3 Å². The summed E-state index contributed by atoms with van der Waals surface area (Å²) in [5.41, 5.74) is 8.15. The zero-order valence-corrected chi connectivity index (χ0v) is 12.4. The molecule has 1 aromatic heterocycles.